The number of amides is 2. The summed E-state index contributed by atoms with van der Waals surface area (Å²) >= 11 is 2.86. The molecule has 24 heavy (non-hydrogen) atoms. The van der Waals surface area contributed by atoms with Crippen molar-refractivity contribution < 1.29 is 9.59 Å². The van der Waals surface area contributed by atoms with Crippen molar-refractivity contribution >= 4 is 45.7 Å². The van der Waals surface area contributed by atoms with Crippen molar-refractivity contribution in [2.45, 2.75) is 43.8 Å². The molecule has 1 aromatic carbocycles. The smallest absolute Gasteiger partial charge is 0.239 e. The van der Waals surface area contributed by atoms with Gasteiger partial charge in [-0.15, -0.1) is 22.0 Å². The number of anilines is 2. The van der Waals surface area contributed by atoms with Gasteiger partial charge in [0.05, 0.1) is 5.25 Å². The number of hydrogen-bond acceptors (Lipinski definition) is 6. The van der Waals surface area contributed by atoms with Crippen molar-refractivity contribution in [2.24, 2.45) is 0 Å². The molecule has 2 rings (SSSR count). The molecule has 1 atom stereocenters. The number of carbonyl (C=O) groups excluding carboxylic acids is 2. The summed E-state index contributed by atoms with van der Waals surface area (Å²) in [5, 5.41) is 14.8. The standard InChI is InChI=1S/C16H20N4O2S2/c1-4-5-14-19-20-16(24-14)18-15(22)10(2)23-13-8-6-12(7-9-13)17-11(3)21/h6-10H,4-5H2,1-3H3,(H,17,21)(H,18,20,22). The van der Waals surface area contributed by atoms with Gasteiger partial charge in [-0.25, -0.2) is 0 Å². The summed E-state index contributed by atoms with van der Waals surface area (Å²) in [4.78, 5) is 24.2. The monoisotopic (exact) mass is 364 g/mol. The highest BCUT2D eigenvalue weighted by Gasteiger charge is 2.16. The minimum absolute atomic E-state index is 0.106. The van der Waals surface area contributed by atoms with Gasteiger partial charge in [0.25, 0.3) is 0 Å². The molecule has 6 nitrogen and oxygen atoms in total. The fourth-order valence-electron chi connectivity index (χ4n) is 1.90. The quantitative estimate of drug-likeness (QED) is 0.734. The van der Waals surface area contributed by atoms with Gasteiger partial charge in [-0.05, 0) is 37.6 Å². The first kappa shape index (κ1) is 18.4. The Morgan fingerprint density at radius 1 is 1.21 bits per heavy atom. The largest absolute Gasteiger partial charge is 0.326 e. The number of nitrogens with zero attached hydrogens (tertiary/aromatic N) is 2. The molecule has 0 fully saturated rings. The van der Waals surface area contributed by atoms with E-state index in [9.17, 15) is 9.59 Å². The van der Waals surface area contributed by atoms with Crippen LogP contribution < -0.4 is 10.6 Å². The minimum Gasteiger partial charge on any atom is -0.326 e. The van der Waals surface area contributed by atoms with Crippen molar-refractivity contribution in [1.82, 2.24) is 10.2 Å². The number of rotatable bonds is 7. The van der Waals surface area contributed by atoms with Crippen molar-refractivity contribution in [3.05, 3.63) is 29.3 Å². The fourth-order valence-corrected chi connectivity index (χ4v) is 3.62. The second-order valence-electron chi connectivity index (χ2n) is 5.21. The number of thioether (sulfide) groups is 1. The van der Waals surface area contributed by atoms with E-state index in [0.29, 0.717) is 5.13 Å². The van der Waals surface area contributed by atoms with Gasteiger partial charge in [0.15, 0.2) is 0 Å². The molecule has 2 N–H and O–H groups in total. The maximum atomic E-state index is 12.2. The first-order valence-corrected chi connectivity index (χ1v) is 9.35. The Bertz CT molecular complexity index is 700. The highest BCUT2D eigenvalue weighted by Crippen LogP contribution is 2.26. The van der Waals surface area contributed by atoms with E-state index in [1.807, 2.05) is 31.2 Å². The Kier molecular flexibility index (Phi) is 6.74. The normalized spacial score (nSPS) is 11.8. The van der Waals surface area contributed by atoms with Crippen LogP contribution in [-0.2, 0) is 16.0 Å². The maximum absolute atomic E-state index is 12.2. The molecule has 0 spiro atoms. The van der Waals surface area contributed by atoms with E-state index in [-0.39, 0.29) is 17.1 Å². The highest BCUT2D eigenvalue weighted by molar-refractivity contribution is 8.00. The third-order valence-corrected chi connectivity index (χ3v) is 5.03. The zero-order chi connectivity index (χ0) is 17.5. The number of aryl methyl sites for hydroxylation is 1. The summed E-state index contributed by atoms with van der Waals surface area (Å²) in [6.07, 6.45) is 1.88. The zero-order valence-corrected chi connectivity index (χ0v) is 15.5. The topological polar surface area (TPSA) is 84.0 Å². The van der Waals surface area contributed by atoms with Gasteiger partial charge < -0.3 is 5.32 Å². The van der Waals surface area contributed by atoms with Crippen LogP contribution in [0, 0.1) is 0 Å². The molecular weight excluding hydrogens is 344 g/mol. The van der Waals surface area contributed by atoms with Crippen molar-refractivity contribution in [2.75, 3.05) is 10.6 Å². The summed E-state index contributed by atoms with van der Waals surface area (Å²) < 4.78 is 0. The number of nitrogens with one attached hydrogen (secondary N) is 2. The Hall–Kier alpha value is -1.93. The van der Waals surface area contributed by atoms with Gasteiger partial charge in [0.2, 0.25) is 16.9 Å². The van der Waals surface area contributed by atoms with Crippen LogP contribution in [0.25, 0.3) is 0 Å². The molecule has 2 amide bonds. The van der Waals surface area contributed by atoms with Crippen LogP contribution in [0.4, 0.5) is 10.8 Å². The SMILES string of the molecule is CCCc1nnc(NC(=O)C(C)Sc2ccc(NC(C)=O)cc2)s1. The van der Waals surface area contributed by atoms with Crippen LogP contribution in [0.15, 0.2) is 29.2 Å². The van der Waals surface area contributed by atoms with Crippen LogP contribution >= 0.6 is 23.1 Å². The Balaban J connectivity index is 1.89. The molecule has 0 bridgehead atoms. The van der Waals surface area contributed by atoms with Crippen LogP contribution in [0.1, 0.15) is 32.2 Å². The Morgan fingerprint density at radius 2 is 1.92 bits per heavy atom. The van der Waals surface area contributed by atoms with Crippen LogP contribution in [0.5, 0.6) is 0 Å². The van der Waals surface area contributed by atoms with Crippen LogP contribution in [0.2, 0.25) is 0 Å². The molecule has 0 radical (unpaired) electrons. The lowest BCUT2D eigenvalue weighted by Gasteiger charge is -2.10. The number of benzene rings is 1. The summed E-state index contributed by atoms with van der Waals surface area (Å²) in [7, 11) is 0. The van der Waals surface area contributed by atoms with Gasteiger partial charge in [0, 0.05) is 23.9 Å². The molecule has 0 saturated carbocycles. The van der Waals surface area contributed by atoms with Gasteiger partial charge in [-0.2, -0.15) is 0 Å². The van der Waals surface area contributed by atoms with E-state index in [2.05, 4.69) is 27.8 Å². The second kappa shape index (κ2) is 8.79. The van der Waals surface area contributed by atoms with E-state index in [0.717, 1.165) is 28.4 Å². The molecule has 0 aliphatic heterocycles. The number of aromatic nitrogens is 2. The van der Waals surface area contributed by atoms with Gasteiger partial charge >= 0.3 is 0 Å². The molecule has 0 saturated heterocycles. The minimum atomic E-state index is -0.268. The summed E-state index contributed by atoms with van der Waals surface area (Å²) in [5.74, 6) is -0.215. The molecule has 1 aromatic heterocycles. The fraction of sp³-hybridized carbons (Fsp3) is 0.375. The third kappa shape index (κ3) is 5.61. The molecule has 0 aliphatic rings. The molecule has 1 unspecified atom stereocenters. The Labute approximate surface area is 149 Å². The summed E-state index contributed by atoms with van der Waals surface area (Å²) in [6, 6.07) is 7.39. The van der Waals surface area contributed by atoms with E-state index < -0.39 is 0 Å². The first-order chi connectivity index (χ1) is 11.5. The molecule has 8 heteroatoms. The molecule has 1 heterocycles. The van der Waals surface area contributed by atoms with E-state index in [4.69, 9.17) is 0 Å². The van der Waals surface area contributed by atoms with Gasteiger partial charge in [-0.1, -0.05) is 18.3 Å². The second-order valence-corrected chi connectivity index (χ2v) is 7.68. The average Bonchev–Trinajstić information content (AvgIpc) is 2.96. The lowest BCUT2D eigenvalue weighted by molar-refractivity contribution is -0.115. The van der Waals surface area contributed by atoms with Crippen LogP contribution in [0.3, 0.4) is 0 Å². The lowest BCUT2D eigenvalue weighted by atomic mass is 10.3. The van der Waals surface area contributed by atoms with Crippen molar-refractivity contribution in [1.29, 1.82) is 0 Å². The van der Waals surface area contributed by atoms with E-state index >= 15 is 0 Å². The van der Waals surface area contributed by atoms with Crippen LogP contribution in [-0.4, -0.2) is 27.3 Å². The van der Waals surface area contributed by atoms with E-state index in [1.54, 1.807) is 0 Å². The molecule has 128 valence electrons. The van der Waals surface area contributed by atoms with Crippen molar-refractivity contribution in [3.8, 4) is 0 Å². The van der Waals surface area contributed by atoms with Gasteiger partial charge in [-0.3, -0.25) is 14.9 Å². The number of carbonyl (C=O) groups is 2. The third-order valence-electron chi connectivity index (χ3n) is 3.02. The average molecular weight is 364 g/mol. The molecule has 0 aliphatic carbocycles. The predicted molar refractivity (Wildman–Crippen MR) is 98.6 cm³/mol. The predicted octanol–water partition coefficient (Wildman–Crippen LogP) is 3.57. The number of hydrogen-bond donors (Lipinski definition) is 2. The van der Waals surface area contributed by atoms with Crippen molar-refractivity contribution in [3.63, 3.8) is 0 Å². The summed E-state index contributed by atoms with van der Waals surface area (Å²) in [6.45, 7) is 5.39. The van der Waals surface area contributed by atoms with Gasteiger partial charge in [0.1, 0.15) is 5.01 Å². The molecular formula is C16H20N4O2S2. The summed E-state index contributed by atoms with van der Waals surface area (Å²) in [5.41, 5.74) is 0.737. The lowest BCUT2D eigenvalue weighted by Crippen LogP contribution is -2.22. The highest BCUT2D eigenvalue weighted by atomic mass is 32.2. The maximum Gasteiger partial charge on any atom is 0.239 e. The first-order valence-electron chi connectivity index (χ1n) is 7.65. The van der Waals surface area contributed by atoms with E-state index in [1.165, 1.54) is 30.0 Å². The zero-order valence-electron chi connectivity index (χ0n) is 13.8. The molecule has 2 aromatic rings. The Morgan fingerprint density at radius 3 is 2.54 bits per heavy atom.